The van der Waals surface area contributed by atoms with E-state index in [2.05, 4.69) is 0 Å². The molecule has 0 radical (unpaired) electrons. The van der Waals surface area contributed by atoms with Crippen molar-refractivity contribution in [2.45, 2.75) is 0 Å². The average molecular weight is 234 g/mol. The Hall–Kier alpha value is 0.0400. The van der Waals surface area contributed by atoms with Crippen LogP contribution in [0.3, 0.4) is 0 Å². The third-order valence-electron chi connectivity index (χ3n) is 2.07. The molecule has 74 valence electrons. The Morgan fingerprint density at radius 2 is 0.812 bits per heavy atom. The van der Waals surface area contributed by atoms with Gasteiger partial charge in [-0.15, -0.1) is 0 Å². The summed E-state index contributed by atoms with van der Waals surface area (Å²) < 4.78 is 0. The summed E-state index contributed by atoms with van der Waals surface area (Å²) in [5.41, 5.74) is 2.03. The van der Waals surface area contributed by atoms with E-state index in [1.807, 2.05) is 24.3 Å². The first-order valence-electron chi connectivity index (χ1n) is 4.34. The fraction of sp³-hybridized carbons (Fsp3) is 0. The summed E-state index contributed by atoms with van der Waals surface area (Å²) in [6, 6.07) is 13.9. The molecule has 2 rings (SSSR count). The van der Waals surface area contributed by atoms with E-state index in [4.69, 9.17) is 10.2 Å². The van der Waals surface area contributed by atoms with Crippen molar-refractivity contribution in [2.24, 2.45) is 0 Å². The Balaban J connectivity index is -0.000000562. The molecule has 0 aliphatic rings. The van der Waals surface area contributed by atoms with Crippen LogP contribution in [-0.2, 0) is 0 Å². The van der Waals surface area contributed by atoms with Crippen molar-refractivity contribution in [1.29, 1.82) is 0 Å². The van der Waals surface area contributed by atoms with Crippen LogP contribution >= 0.6 is 0 Å². The van der Waals surface area contributed by atoms with Crippen molar-refractivity contribution in [3.05, 3.63) is 48.5 Å². The molecular weight excluding hydrogens is 222 g/mol. The van der Waals surface area contributed by atoms with Crippen molar-refractivity contribution >= 4 is 0 Å². The predicted molar refractivity (Wildman–Crippen MR) is 57.4 cm³/mol. The van der Waals surface area contributed by atoms with Crippen LogP contribution < -0.4 is 59.1 Å². The van der Waals surface area contributed by atoms with E-state index in [-0.39, 0.29) is 73.5 Å². The van der Waals surface area contributed by atoms with Crippen LogP contribution in [0.2, 0.25) is 0 Å². The molecule has 0 spiro atoms. The molecule has 4 heteroatoms. The molecule has 0 aliphatic heterocycles. The second-order valence-corrected chi connectivity index (χ2v) is 3.09. The molecular formula is C12H12Na2O2. The topological polar surface area (TPSA) is 40.5 Å². The van der Waals surface area contributed by atoms with E-state index in [1.165, 1.54) is 0 Å². The molecule has 0 fully saturated rings. The van der Waals surface area contributed by atoms with E-state index in [9.17, 15) is 0 Å². The van der Waals surface area contributed by atoms with Crippen molar-refractivity contribution in [3.63, 3.8) is 0 Å². The minimum Gasteiger partial charge on any atom is -1.00 e. The van der Waals surface area contributed by atoms with Crippen molar-refractivity contribution in [3.8, 4) is 22.6 Å². The molecule has 2 aromatic carbocycles. The van der Waals surface area contributed by atoms with Gasteiger partial charge in [-0.1, -0.05) is 24.3 Å². The summed E-state index contributed by atoms with van der Waals surface area (Å²) >= 11 is 0. The molecule has 2 N–H and O–H groups in total. The van der Waals surface area contributed by atoms with Gasteiger partial charge in [0.25, 0.3) is 0 Å². The summed E-state index contributed by atoms with van der Waals surface area (Å²) in [6.45, 7) is 0. The number of hydrogen-bond acceptors (Lipinski definition) is 2. The standard InChI is InChI=1S/C12H10O2.2Na.2H/c13-11-5-1-9(2-6-11)10-3-7-12(14)8-4-10;;;;/h1-8,13-14H;;;;/q;2*+1;2*-1. The molecule has 2 aromatic rings. The zero-order valence-corrected chi connectivity index (χ0v) is 13.5. The first-order chi connectivity index (χ1) is 6.75. The van der Waals surface area contributed by atoms with Gasteiger partial charge in [0.15, 0.2) is 0 Å². The number of phenols is 2. The number of aromatic hydroxyl groups is 2. The van der Waals surface area contributed by atoms with Crippen LogP contribution in [0, 0.1) is 0 Å². The summed E-state index contributed by atoms with van der Waals surface area (Å²) in [4.78, 5) is 0. The number of rotatable bonds is 1. The largest absolute Gasteiger partial charge is 1.00 e. The fourth-order valence-corrected chi connectivity index (χ4v) is 1.31. The van der Waals surface area contributed by atoms with Gasteiger partial charge in [0, 0.05) is 0 Å². The maximum Gasteiger partial charge on any atom is 1.00 e. The number of hydrogen-bond donors (Lipinski definition) is 2. The van der Waals surface area contributed by atoms with Crippen LogP contribution in [0.1, 0.15) is 2.85 Å². The Morgan fingerprint density at radius 1 is 0.562 bits per heavy atom. The summed E-state index contributed by atoms with van der Waals surface area (Å²) in [5.74, 6) is 0.514. The molecule has 0 saturated carbocycles. The van der Waals surface area contributed by atoms with Gasteiger partial charge < -0.3 is 13.1 Å². The molecule has 0 aliphatic carbocycles. The average Bonchev–Trinajstić information content (AvgIpc) is 2.21. The zero-order chi connectivity index (χ0) is 9.97. The Labute approximate surface area is 142 Å². The van der Waals surface area contributed by atoms with E-state index >= 15 is 0 Å². The van der Waals surface area contributed by atoms with E-state index in [1.54, 1.807) is 24.3 Å². The van der Waals surface area contributed by atoms with Gasteiger partial charge in [-0.05, 0) is 35.4 Å². The number of phenolic OH excluding ortho intramolecular Hbond substituents is 2. The molecule has 0 heterocycles. The first-order valence-corrected chi connectivity index (χ1v) is 4.34. The van der Waals surface area contributed by atoms with Gasteiger partial charge in [0.05, 0.1) is 0 Å². The van der Waals surface area contributed by atoms with Crippen LogP contribution in [-0.4, -0.2) is 10.2 Å². The third kappa shape index (κ3) is 4.13. The van der Waals surface area contributed by atoms with Gasteiger partial charge in [0.2, 0.25) is 0 Å². The SMILES string of the molecule is Oc1ccc(-c2ccc(O)cc2)cc1.[H-].[H-].[Na+].[Na+]. The second-order valence-electron chi connectivity index (χ2n) is 3.09. The summed E-state index contributed by atoms with van der Waals surface area (Å²) in [5, 5.41) is 18.2. The minimum absolute atomic E-state index is 0. The smallest absolute Gasteiger partial charge is 1.00 e. The van der Waals surface area contributed by atoms with Gasteiger partial charge in [0.1, 0.15) is 11.5 Å². The molecule has 2 nitrogen and oxygen atoms in total. The minimum atomic E-state index is 0. The van der Waals surface area contributed by atoms with E-state index < -0.39 is 0 Å². The third-order valence-corrected chi connectivity index (χ3v) is 2.07. The van der Waals surface area contributed by atoms with Crippen LogP contribution in [0.15, 0.2) is 48.5 Å². The second kappa shape index (κ2) is 7.38. The van der Waals surface area contributed by atoms with Gasteiger partial charge in [-0.2, -0.15) is 0 Å². The van der Waals surface area contributed by atoms with Gasteiger partial charge in [-0.3, -0.25) is 0 Å². The van der Waals surface area contributed by atoms with Crippen molar-refractivity contribution < 1.29 is 72.2 Å². The van der Waals surface area contributed by atoms with Crippen molar-refractivity contribution in [2.75, 3.05) is 0 Å². The predicted octanol–water partition coefficient (Wildman–Crippen LogP) is -3.00. The maximum atomic E-state index is 9.11. The summed E-state index contributed by atoms with van der Waals surface area (Å²) in [7, 11) is 0. The van der Waals surface area contributed by atoms with Gasteiger partial charge >= 0.3 is 59.1 Å². The zero-order valence-electron chi connectivity index (χ0n) is 11.5. The maximum absolute atomic E-state index is 9.11. The molecule has 16 heavy (non-hydrogen) atoms. The fourth-order valence-electron chi connectivity index (χ4n) is 1.31. The molecule has 0 bridgehead atoms. The van der Waals surface area contributed by atoms with Crippen LogP contribution in [0.5, 0.6) is 11.5 Å². The molecule has 0 aromatic heterocycles. The van der Waals surface area contributed by atoms with Crippen LogP contribution in [0.25, 0.3) is 11.1 Å². The normalized spacial score (nSPS) is 8.75. The molecule has 0 unspecified atom stereocenters. The monoisotopic (exact) mass is 234 g/mol. The van der Waals surface area contributed by atoms with E-state index in [0.29, 0.717) is 0 Å². The number of benzene rings is 2. The molecule has 0 atom stereocenters. The van der Waals surface area contributed by atoms with E-state index in [0.717, 1.165) is 11.1 Å². The Kier molecular flexibility index (Phi) is 7.40. The first kappa shape index (κ1) is 16.0. The molecule has 0 amide bonds. The molecule has 0 saturated heterocycles. The quantitative estimate of drug-likeness (QED) is 0.516. The van der Waals surface area contributed by atoms with Crippen molar-refractivity contribution in [1.82, 2.24) is 0 Å². The Morgan fingerprint density at radius 3 is 1.06 bits per heavy atom. The van der Waals surface area contributed by atoms with Crippen LogP contribution in [0.4, 0.5) is 0 Å². The Bertz CT molecular complexity index is 389. The van der Waals surface area contributed by atoms with Gasteiger partial charge in [-0.25, -0.2) is 0 Å². The summed E-state index contributed by atoms with van der Waals surface area (Å²) in [6.07, 6.45) is 0.